The number of nitrogens with one attached hydrogen (secondary N) is 3. The SMILES string of the molecule is CC[C@H](C)[C@H](NC(=O)[C@H](CCCN=C(N)N)NC(=O)[C@@H](NC(=O)OCC1c2ccccc2-c2ccccc21)C(C)C)C(=O)OCc1ccccc1. The molecule has 12 nitrogen and oxygen atoms in total. The largest absolute Gasteiger partial charge is 0.459 e. The molecule has 12 heteroatoms. The van der Waals surface area contributed by atoms with E-state index >= 15 is 0 Å². The van der Waals surface area contributed by atoms with Crippen molar-refractivity contribution in [3.63, 3.8) is 0 Å². The number of carbonyl (C=O) groups excluding carboxylic acids is 4. The molecule has 0 unspecified atom stereocenters. The Morgan fingerprint density at radius 2 is 1.37 bits per heavy atom. The number of fused-ring (bicyclic) bond motifs is 3. The molecule has 3 aromatic rings. The van der Waals surface area contributed by atoms with Gasteiger partial charge in [-0.1, -0.05) is 113 Å². The summed E-state index contributed by atoms with van der Waals surface area (Å²) in [5, 5.41) is 8.30. The number of aliphatic imine (C=N–C) groups is 1. The first-order chi connectivity index (χ1) is 24.5. The van der Waals surface area contributed by atoms with Gasteiger partial charge in [-0.3, -0.25) is 14.6 Å². The van der Waals surface area contributed by atoms with Crippen LogP contribution in [0.5, 0.6) is 0 Å². The molecule has 3 aromatic carbocycles. The second kappa shape index (κ2) is 18.6. The number of guanidine groups is 1. The summed E-state index contributed by atoms with van der Waals surface area (Å²) in [4.78, 5) is 57.8. The van der Waals surface area contributed by atoms with Gasteiger partial charge in [-0.05, 0) is 52.5 Å². The first kappa shape index (κ1) is 38.4. The maximum atomic E-state index is 13.8. The van der Waals surface area contributed by atoms with E-state index in [0.29, 0.717) is 12.8 Å². The summed E-state index contributed by atoms with van der Waals surface area (Å²) < 4.78 is 11.3. The Kier molecular flexibility index (Phi) is 14.0. The van der Waals surface area contributed by atoms with Crippen LogP contribution in [0, 0.1) is 11.8 Å². The van der Waals surface area contributed by atoms with E-state index in [0.717, 1.165) is 27.8 Å². The van der Waals surface area contributed by atoms with Crippen LogP contribution < -0.4 is 27.4 Å². The van der Waals surface area contributed by atoms with Crippen molar-refractivity contribution < 1.29 is 28.7 Å². The van der Waals surface area contributed by atoms with Gasteiger partial charge in [0.1, 0.15) is 31.3 Å². The van der Waals surface area contributed by atoms with E-state index in [-0.39, 0.29) is 49.9 Å². The van der Waals surface area contributed by atoms with Crippen LogP contribution in [0.15, 0.2) is 83.9 Å². The molecule has 7 N–H and O–H groups in total. The van der Waals surface area contributed by atoms with E-state index in [1.165, 1.54) is 0 Å². The summed E-state index contributed by atoms with van der Waals surface area (Å²) in [6, 6.07) is 22.2. The lowest BCUT2D eigenvalue weighted by molar-refractivity contribution is -0.151. The van der Waals surface area contributed by atoms with Crippen molar-refractivity contribution >= 4 is 29.8 Å². The maximum absolute atomic E-state index is 13.8. The molecule has 0 spiro atoms. The smallest absolute Gasteiger partial charge is 0.407 e. The second-order valence-electron chi connectivity index (χ2n) is 13.2. The van der Waals surface area contributed by atoms with Gasteiger partial charge in [-0.15, -0.1) is 0 Å². The second-order valence-corrected chi connectivity index (χ2v) is 13.2. The number of carbonyl (C=O) groups is 4. The highest BCUT2D eigenvalue weighted by molar-refractivity contribution is 5.93. The van der Waals surface area contributed by atoms with Crippen molar-refractivity contribution in [1.82, 2.24) is 16.0 Å². The zero-order chi connectivity index (χ0) is 36.9. The molecule has 0 saturated carbocycles. The number of hydrogen-bond donors (Lipinski definition) is 5. The summed E-state index contributed by atoms with van der Waals surface area (Å²) in [7, 11) is 0. The quantitative estimate of drug-likeness (QED) is 0.0595. The number of esters is 1. The third-order valence-corrected chi connectivity index (χ3v) is 9.13. The number of rotatable bonds is 17. The molecule has 4 atom stereocenters. The number of amides is 3. The number of nitrogens with two attached hydrogens (primary N) is 2. The molecular weight excluding hydrogens is 648 g/mol. The molecule has 51 heavy (non-hydrogen) atoms. The molecule has 0 fully saturated rings. The fourth-order valence-corrected chi connectivity index (χ4v) is 6.08. The molecule has 4 rings (SSSR count). The molecule has 0 radical (unpaired) electrons. The summed E-state index contributed by atoms with van der Waals surface area (Å²) in [5.41, 5.74) is 16.1. The number of alkyl carbamates (subject to hydrolysis) is 1. The van der Waals surface area contributed by atoms with Crippen LogP contribution in [-0.4, -0.2) is 61.1 Å². The fraction of sp³-hybridized carbons (Fsp3) is 0.410. The lowest BCUT2D eigenvalue weighted by atomic mass is 9.98. The highest BCUT2D eigenvalue weighted by Crippen LogP contribution is 2.44. The first-order valence-corrected chi connectivity index (χ1v) is 17.5. The summed E-state index contributed by atoms with van der Waals surface area (Å²) in [5.74, 6) is -2.57. The van der Waals surface area contributed by atoms with Gasteiger partial charge in [-0.25, -0.2) is 9.59 Å². The number of ether oxygens (including phenoxy) is 2. The predicted molar refractivity (Wildman–Crippen MR) is 196 cm³/mol. The molecular formula is C39H50N6O6. The van der Waals surface area contributed by atoms with Crippen molar-refractivity contribution in [3.05, 3.63) is 95.6 Å². The van der Waals surface area contributed by atoms with Crippen LogP contribution in [0.2, 0.25) is 0 Å². The molecule has 272 valence electrons. The Bertz CT molecular complexity index is 1630. The van der Waals surface area contributed by atoms with Crippen LogP contribution in [0.3, 0.4) is 0 Å². The van der Waals surface area contributed by atoms with Gasteiger partial charge in [0.15, 0.2) is 5.96 Å². The highest BCUT2D eigenvalue weighted by Gasteiger charge is 2.34. The number of hydrogen-bond acceptors (Lipinski definition) is 7. The molecule has 0 bridgehead atoms. The Labute approximate surface area is 299 Å². The Balaban J connectivity index is 1.43. The fourth-order valence-electron chi connectivity index (χ4n) is 6.08. The molecule has 0 aliphatic heterocycles. The summed E-state index contributed by atoms with van der Waals surface area (Å²) in [6.07, 6.45) is 0.356. The molecule has 0 aromatic heterocycles. The summed E-state index contributed by atoms with van der Waals surface area (Å²) in [6.45, 7) is 7.67. The standard InChI is InChI=1S/C39H50N6O6/c1-5-25(4)34(37(48)50-22-26-14-7-6-8-15-26)44-35(46)32(20-13-21-42-38(40)41)43-36(47)33(24(2)3)45-39(49)51-23-31-29-18-11-9-16-27(29)28-17-10-12-19-30(28)31/h6-12,14-19,24-25,31-34H,5,13,20-23H2,1-4H3,(H,43,47)(H,44,46)(H,45,49)(H4,40,41,42)/t25-,32-,33-,34-/m0/s1. The number of benzene rings is 3. The molecule has 3 amide bonds. The Morgan fingerprint density at radius 3 is 1.96 bits per heavy atom. The van der Waals surface area contributed by atoms with Gasteiger partial charge in [0.05, 0.1) is 0 Å². The molecule has 1 aliphatic rings. The van der Waals surface area contributed by atoms with Crippen molar-refractivity contribution in [2.75, 3.05) is 13.2 Å². The van der Waals surface area contributed by atoms with Crippen LogP contribution in [0.4, 0.5) is 4.79 Å². The average Bonchev–Trinajstić information content (AvgIpc) is 3.45. The van der Waals surface area contributed by atoms with Gasteiger partial charge < -0.3 is 36.9 Å². The minimum absolute atomic E-state index is 0.0543. The third-order valence-electron chi connectivity index (χ3n) is 9.13. The van der Waals surface area contributed by atoms with Gasteiger partial charge >= 0.3 is 12.1 Å². The number of nitrogens with zero attached hydrogens (tertiary/aromatic N) is 1. The zero-order valence-electron chi connectivity index (χ0n) is 29.8. The Hall–Kier alpha value is -5.39. The third kappa shape index (κ3) is 10.6. The van der Waals surface area contributed by atoms with E-state index in [4.69, 9.17) is 20.9 Å². The van der Waals surface area contributed by atoms with E-state index in [1.807, 2.05) is 80.6 Å². The molecule has 0 saturated heterocycles. The zero-order valence-corrected chi connectivity index (χ0v) is 29.8. The van der Waals surface area contributed by atoms with Crippen molar-refractivity contribution in [2.24, 2.45) is 28.3 Å². The van der Waals surface area contributed by atoms with Crippen LogP contribution in [0.1, 0.15) is 69.6 Å². The van der Waals surface area contributed by atoms with Gasteiger partial charge in [0, 0.05) is 12.5 Å². The van der Waals surface area contributed by atoms with Crippen molar-refractivity contribution in [3.8, 4) is 11.1 Å². The van der Waals surface area contributed by atoms with Crippen LogP contribution in [0.25, 0.3) is 11.1 Å². The minimum atomic E-state index is -1.06. The van der Waals surface area contributed by atoms with Crippen molar-refractivity contribution in [1.29, 1.82) is 0 Å². The lowest BCUT2D eigenvalue weighted by Gasteiger charge is -2.28. The summed E-state index contributed by atoms with van der Waals surface area (Å²) >= 11 is 0. The highest BCUT2D eigenvalue weighted by atomic mass is 16.5. The average molecular weight is 699 g/mol. The van der Waals surface area contributed by atoms with Crippen LogP contribution in [-0.2, 0) is 30.5 Å². The monoisotopic (exact) mass is 698 g/mol. The topological polar surface area (TPSA) is 187 Å². The van der Waals surface area contributed by atoms with Gasteiger partial charge in [0.25, 0.3) is 0 Å². The first-order valence-electron chi connectivity index (χ1n) is 17.5. The van der Waals surface area contributed by atoms with E-state index in [9.17, 15) is 19.2 Å². The van der Waals surface area contributed by atoms with E-state index in [1.54, 1.807) is 13.8 Å². The molecule has 1 aliphatic carbocycles. The predicted octanol–water partition coefficient (Wildman–Crippen LogP) is 4.36. The van der Waals surface area contributed by atoms with E-state index in [2.05, 4.69) is 33.1 Å². The van der Waals surface area contributed by atoms with Crippen molar-refractivity contribution in [2.45, 2.75) is 77.6 Å². The lowest BCUT2D eigenvalue weighted by Crippen LogP contribution is -2.57. The van der Waals surface area contributed by atoms with Gasteiger partial charge in [0.2, 0.25) is 11.8 Å². The maximum Gasteiger partial charge on any atom is 0.407 e. The minimum Gasteiger partial charge on any atom is -0.459 e. The van der Waals surface area contributed by atoms with Crippen LogP contribution >= 0.6 is 0 Å². The Morgan fingerprint density at radius 1 is 0.765 bits per heavy atom. The molecule has 0 heterocycles. The van der Waals surface area contributed by atoms with E-state index < -0.39 is 42.0 Å². The normalized spacial score (nSPS) is 14.2. The van der Waals surface area contributed by atoms with Gasteiger partial charge in [-0.2, -0.15) is 0 Å².